The van der Waals surface area contributed by atoms with Crippen LogP contribution in [0.5, 0.6) is 0 Å². The van der Waals surface area contributed by atoms with Crippen LogP contribution in [-0.2, 0) is 9.59 Å². The van der Waals surface area contributed by atoms with Crippen molar-refractivity contribution < 1.29 is 14.7 Å². The lowest BCUT2D eigenvalue weighted by Gasteiger charge is -2.34. The summed E-state index contributed by atoms with van der Waals surface area (Å²) in [6, 6.07) is 0. The molecule has 2 N–H and O–H groups in total. The van der Waals surface area contributed by atoms with Gasteiger partial charge in [-0.25, -0.2) is 0 Å². The van der Waals surface area contributed by atoms with Crippen LogP contribution in [0.15, 0.2) is 0 Å². The monoisotopic (exact) mass is 268 g/mol. The number of nitrogens with zero attached hydrogens (tertiary/aromatic N) is 1. The second-order valence-electron chi connectivity index (χ2n) is 5.94. The van der Waals surface area contributed by atoms with E-state index in [4.69, 9.17) is 5.11 Å². The van der Waals surface area contributed by atoms with Gasteiger partial charge in [-0.1, -0.05) is 6.92 Å². The van der Waals surface area contributed by atoms with Crippen LogP contribution in [-0.4, -0.2) is 48.1 Å². The summed E-state index contributed by atoms with van der Waals surface area (Å²) in [6.45, 7) is 5.46. The Morgan fingerprint density at radius 2 is 1.95 bits per heavy atom. The summed E-state index contributed by atoms with van der Waals surface area (Å²) in [5, 5.41) is 12.0. The van der Waals surface area contributed by atoms with Gasteiger partial charge >= 0.3 is 5.97 Å². The molecule has 0 aromatic heterocycles. The third kappa shape index (κ3) is 3.69. The van der Waals surface area contributed by atoms with E-state index in [1.54, 1.807) is 0 Å². The van der Waals surface area contributed by atoms with Gasteiger partial charge in [-0.2, -0.15) is 0 Å². The molecule has 2 rings (SSSR count). The molecule has 5 heteroatoms. The molecule has 0 aromatic carbocycles. The fourth-order valence-electron chi connectivity index (χ4n) is 3.14. The largest absolute Gasteiger partial charge is 0.481 e. The van der Waals surface area contributed by atoms with E-state index in [1.807, 2.05) is 4.90 Å². The number of amides is 1. The lowest BCUT2D eigenvalue weighted by molar-refractivity contribution is -0.139. The van der Waals surface area contributed by atoms with Crippen molar-refractivity contribution in [3.8, 4) is 0 Å². The summed E-state index contributed by atoms with van der Waals surface area (Å²) >= 11 is 0. The maximum Gasteiger partial charge on any atom is 0.303 e. The Balaban J connectivity index is 1.76. The highest BCUT2D eigenvalue weighted by Crippen LogP contribution is 2.25. The first kappa shape index (κ1) is 14.3. The number of aliphatic carboxylic acids is 1. The number of rotatable bonds is 4. The number of hydrogen-bond donors (Lipinski definition) is 2. The van der Waals surface area contributed by atoms with Crippen molar-refractivity contribution >= 4 is 11.9 Å². The summed E-state index contributed by atoms with van der Waals surface area (Å²) in [6.07, 6.45) is 2.90. The van der Waals surface area contributed by atoms with E-state index in [0.29, 0.717) is 11.8 Å². The zero-order valence-corrected chi connectivity index (χ0v) is 11.6. The summed E-state index contributed by atoms with van der Waals surface area (Å²) in [7, 11) is 0. The predicted molar refractivity (Wildman–Crippen MR) is 71.7 cm³/mol. The molecular weight excluding hydrogens is 244 g/mol. The van der Waals surface area contributed by atoms with E-state index >= 15 is 0 Å². The van der Waals surface area contributed by atoms with Crippen molar-refractivity contribution in [2.24, 2.45) is 17.8 Å². The number of nitrogens with one attached hydrogen (secondary N) is 1. The zero-order chi connectivity index (χ0) is 13.8. The third-order valence-electron chi connectivity index (χ3n) is 4.53. The molecule has 0 spiro atoms. The average molecular weight is 268 g/mol. The lowest BCUT2D eigenvalue weighted by Crippen LogP contribution is -2.43. The highest BCUT2D eigenvalue weighted by atomic mass is 16.4. The van der Waals surface area contributed by atoms with E-state index in [2.05, 4.69) is 12.2 Å². The van der Waals surface area contributed by atoms with Crippen LogP contribution in [0.4, 0.5) is 0 Å². The van der Waals surface area contributed by atoms with Crippen molar-refractivity contribution in [1.82, 2.24) is 10.2 Å². The van der Waals surface area contributed by atoms with Gasteiger partial charge in [0.15, 0.2) is 0 Å². The number of carbonyl (C=O) groups excluding carboxylic acids is 1. The topological polar surface area (TPSA) is 69.6 Å². The lowest BCUT2D eigenvalue weighted by atomic mass is 9.90. The number of hydrogen-bond acceptors (Lipinski definition) is 3. The van der Waals surface area contributed by atoms with Gasteiger partial charge in [-0.3, -0.25) is 9.59 Å². The normalized spacial score (nSPS) is 28.6. The van der Waals surface area contributed by atoms with Gasteiger partial charge in [0.1, 0.15) is 0 Å². The highest BCUT2D eigenvalue weighted by molar-refractivity contribution is 5.79. The Bertz CT molecular complexity index is 338. The molecule has 2 heterocycles. The van der Waals surface area contributed by atoms with Gasteiger partial charge in [0.25, 0.3) is 0 Å². The Morgan fingerprint density at radius 3 is 2.47 bits per heavy atom. The van der Waals surface area contributed by atoms with Crippen molar-refractivity contribution in [2.45, 2.75) is 32.6 Å². The third-order valence-corrected chi connectivity index (χ3v) is 4.53. The molecule has 108 valence electrons. The van der Waals surface area contributed by atoms with Gasteiger partial charge in [0.2, 0.25) is 5.91 Å². The number of piperidine rings is 1. The number of carboxylic acid groups (broad SMARTS) is 1. The SMILES string of the molecule is C[C@@H]1CNC[C@H]1C(=O)N1CCC(CCC(=O)O)CC1. The summed E-state index contributed by atoms with van der Waals surface area (Å²) in [5.74, 6) is 0.602. The van der Waals surface area contributed by atoms with Gasteiger partial charge in [0.05, 0.1) is 5.92 Å². The van der Waals surface area contributed by atoms with E-state index in [-0.39, 0.29) is 18.2 Å². The molecule has 0 unspecified atom stereocenters. The fraction of sp³-hybridized carbons (Fsp3) is 0.857. The molecule has 2 fully saturated rings. The number of carboxylic acids is 1. The molecule has 2 aliphatic rings. The van der Waals surface area contributed by atoms with E-state index in [9.17, 15) is 9.59 Å². The van der Waals surface area contributed by atoms with Crippen molar-refractivity contribution in [1.29, 1.82) is 0 Å². The van der Waals surface area contributed by atoms with Crippen molar-refractivity contribution in [3.63, 3.8) is 0 Å². The van der Waals surface area contributed by atoms with Crippen LogP contribution < -0.4 is 5.32 Å². The second kappa shape index (κ2) is 6.37. The van der Waals surface area contributed by atoms with E-state index in [1.165, 1.54) is 0 Å². The molecule has 0 saturated carbocycles. The molecule has 0 bridgehead atoms. The molecular formula is C14H24N2O3. The Hall–Kier alpha value is -1.10. The van der Waals surface area contributed by atoms with Gasteiger partial charge in [-0.15, -0.1) is 0 Å². The second-order valence-corrected chi connectivity index (χ2v) is 5.94. The van der Waals surface area contributed by atoms with Crippen LogP contribution in [0.1, 0.15) is 32.6 Å². The van der Waals surface area contributed by atoms with Crippen LogP contribution in [0.2, 0.25) is 0 Å². The molecule has 0 radical (unpaired) electrons. The summed E-state index contributed by atoms with van der Waals surface area (Å²) in [4.78, 5) is 24.9. The first-order valence-corrected chi connectivity index (χ1v) is 7.29. The first-order chi connectivity index (χ1) is 9.08. The molecule has 0 aliphatic carbocycles. The van der Waals surface area contributed by atoms with Crippen LogP contribution in [0.25, 0.3) is 0 Å². The highest BCUT2D eigenvalue weighted by Gasteiger charge is 2.34. The molecule has 2 aliphatic heterocycles. The minimum Gasteiger partial charge on any atom is -0.481 e. The van der Waals surface area contributed by atoms with Crippen LogP contribution in [0.3, 0.4) is 0 Å². The summed E-state index contributed by atoms with van der Waals surface area (Å²) < 4.78 is 0. The average Bonchev–Trinajstić information content (AvgIpc) is 2.82. The minimum atomic E-state index is -0.718. The number of carbonyl (C=O) groups is 2. The minimum absolute atomic E-state index is 0.135. The van der Waals surface area contributed by atoms with Crippen LogP contribution in [0, 0.1) is 17.8 Å². The molecule has 1 amide bonds. The van der Waals surface area contributed by atoms with Crippen molar-refractivity contribution in [2.75, 3.05) is 26.2 Å². The van der Waals surface area contributed by atoms with Crippen LogP contribution >= 0.6 is 0 Å². The molecule has 2 saturated heterocycles. The Kier molecular flexibility index (Phi) is 4.80. The van der Waals surface area contributed by atoms with Crippen molar-refractivity contribution in [3.05, 3.63) is 0 Å². The predicted octanol–water partition coefficient (Wildman–Crippen LogP) is 0.945. The zero-order valence-electron chi connectivity index (χ0n) is 11.6. The smallest absolute Gasteiger partial charge is 0.303 e. The maximum absolute atomic E-state index is 12.4. The summed E-state index contributed by atoms with van der Waals surface area (Å²) in [5.41, 5.74) is 0. The molecule has 0 aromatic rings. The van der Waals surface area contributed by atoms with E-state index < -0.39 is 5.97 Å². The maximum atomic E-state index is 12.4. The standard InChI is InChI=1S/C14H24N2O3/c1-10-8-15-9-12(10)14(19)16-6-4-11(5-7-16)2-3-13(17)18/h10-12,15H,2-9H2,1H3,(H,17,18)/t10-,12-/m1/s1. The first-order valence-electron chi connectivity index (χ1n) is 7.29. The van der Waals surface area contributed by atoms with Gasteiger partial charge in [-0.05, 0) is 37.6 Å². The van der Waals surface area contributed by atoms with E-state index in [0.717, 1.165) is 45.4 Å². The molecule has 19 heavy (non-hydrogen) atoms. The van der Waals surface area contributed by atoms with Gasteiger partial charge in [0, 0.05) is 26.1 Å². The molecule has 5 nitrogen and oxygen atoms in total. The Labute approximate surface area is 114 Å². The fourth-order valence-corrected chi connectivity index (χ4v) is 3.14. The molecule has 2 atom stereocenters. The number of likely N-dealkylation sites (tertiary alicyclic amines) is 1. The quantitative estimate of drug-likeness (QED) is 0.796. The van der Waals surface area contributed by atoms with Gasteiger partial charge < -0.3 is 15.3 Å². The Morgan fingerprint density at radius 1 is 1.26 bits per heavy atom.